The Morgan fingerprint density at radius 3 is 2.18 bits per heavy atom. The maximum absolute atomic E-state index is 15.2. The summed E-state index contributed by atoms with van der Waals surface area (Å²) < 4.78 is 131. The molecule has 0 aliphatic heterocycles. The monoisotopic (exact) mass is 551 g/mol. The molecule has 0 aliphatic rings. The number of nitrogens with zero attached hydrogens (tertiary/aromatic N) is 1. The Bertz CT molecular complexity index is 1460. The molecule has 0 radical (unpaired) electrons. The van der Waals surface area contributed by atoms with Crippen LogP contribution in [0, 0.1) is 5.82 Å². The number of carbonyl (C=O) groups excluding carboxylic acids is 2. The molecule has 1 amide bonds. The molecule has 0 aliphatic carbocycles. The first kappa shape index (κ1) is 23.8. The number of pyridine rings is 1. The molecular weight excluding hydrogens is 533 g/mol. The van der Waals surface area contributed by atoms with E-state index in [1.54, 1.807) is 0 Å². The summed E-state index contributed by atoms with van der Waals surface area (Å²) in [7, 11) is -3.25. The molecule has 0 fully saturated rings. The Balaban J connectivity index is 2.10. The van der Waals surface area contributed by atoms with Crippen LogP contribution in [0.3, 0.4) is 0 Å². The van der Waals surface area contributed by atoms with Crippen LogP contribution in [-0.2, 0) is 0 Å². The maximum Gasteiger partial charge on any atom is 0.573 e. The average Bonchev–Trinajstić information content (AvgIpc) is 2.80. The Morgan fingerprint density at radius 2 is 1.55 bits per heavy atom. The van der Waals surface area contributed by atoms with Gasteiger partial charge in [-0.3, -0.25) is 14.6 Å². The van der Waals surface area contributed by atoms with Crippen molar-refractivity contribution in [1.29, 1.82) is 0 Å². The van der Waals surface area contributed by atoms with Gasteiger partial charge in [-0.05, 0) is 36.4 Å². The minimum absolute atomic E-state index is 0.124. The van der Waals surface area contributed by atoms with Crippen molar-refractivity contribution in [3.8, 4) is 28.7 Å². The lowest BCUT2D eigenvalue weighted by molar-refractivity contribution is -0.276. The van der Waals surface area contributed by atoms with Gasteiger partial charge in [-0.25, -0.2) is 4.39 Å². The van der Waals surface area contributed by atoms with E-state index in [-0.39, 0.29) is 11.4 Å². The molecule has 38 heavy (non-hydrogen) atoms. The number of halogens is 7. The average molecular weight is 551 g/mol. The fourth-order valence-electron chi connectivity index (χ4n) is 2.90. The van der Waals surface area contributed by atoms with Crippen LogP contribution in [0.25, 0.3) is 0 Å². The quantitative estimate of drug-likeness (QED) is 0.260. The highest BCUT2D eigenvalue weighted by Gasteiger charge is 2.35. The van der Waals surface area contributed by atoms with Crippen molar-refractivity contribution in [2.45, 2.75) is 19.6 Å². The number of anilines is 1. The van der Waals surface area contributed by atoms with Gasteiger partial charge in [0.1, 0.15) is 22.8 Å². The number of amides is 1. The second kappa shape index (κ2) is 10.8. The number of carbonyl (C=O) groups is 2. The Morgan fingerprint density at radius 1 is 0.895 bits per heavy atom. The molecular formula is C23H15F7N2O6. The fraction of sp³-hybridized carbons (Fsp3) is 0.174. The molecule has 0 bridgehead atoms. The largest absolute Gasteiger partial charge is 0.573 e. The summed E-state index contributed by atoms with van der Waals surface area (Å²) in [5.74, 6) is -8.66. The van der Waals surface area contributed by atoms with E-state index < -0.39 is 71.6 Å². The first-order valence-electron chi connectivity index (χ1n) is 11.4. The first-order chi connectivity index (χ1) is 18.8. The summed E-state index contributed by atoms with van der Waals surface area (Å²) in [6, 6.07) is 5.16. The number of benzene rings is 2. The van der Waals surface area contributed by atoms with Crippen LogP contribution in [-0.4, -0.2) is 36.4 Å². The number of hydrogen-bond donors (Lipinski definition) is 1. The molecule has 0 saturated carbocycles. The van der Waals surface area contributed by atoms with Gasteiger partial charge in [0.05, 0.1) is 11.2 Å². The summed E-state index contributed by atoms with van der Waals surface area (Å²) in [6.45, 7) is 1.15. The molecule has 1 aromatic heterocycles. The van der Waals surface area contributed by atoms with Crippen LogP contribution in [0.15, 0.2) is 48.7 Å². The van der Waals surface area contributed by atoms with E-state index in [2.05, 4.69) is 24.5 Å². The number of rotatable bonds is 8. The third kappa shape index (κ3) is 7.24. The summed E-state index contributed by atoms with van der Waals surface area (Å²) in [5, 5.41) is 2.14. The second-order valence-electron chi connectivity index (χ2n) is 7.10. The molecule has 1 N–H and O–H groups in total. The first-order valence-corrected chi connectivity index (χ1v) is 9.94. The minimum atomic E-state index is -5.38. The van der Waals surface area contributed by atoms with Crippen LogP contribution >= 0.6 is 0 Å². The number of methoxy groups -OCH3 is 1. The van der Waals surface area contributed by atoms with Crippen LogP contribution in [0.5, 0.6) is 28.7 Å². The standard InChI is InChI=1S/C23H15F7N2O6/c1-11(33)14-9-12(7-8-31-14)32-21(34)19-16(5-6-17(20(19)24)38-23(28,29)30)36-15-4-3-13(10-18(15)35-2)37-22(25,26)27/h3-10H,1-2H3,(H,31,32,34)/i2D3. The molecule has 3 aromatic rings. The highest BCUT2D eigenvalue weighted by Crippen LogP contribution is 2.40. The number of Topliss-reactive ketones (excluding diaryl/α,β-unsaturated/α-hetero) is 1. The number of hydrogen-bond acceptors (Lipinski definition) is 7. The van der Waals surface area contributed by atoms with Gasteiger partial charge in [-0.15, -0.1) is 26.3 Å². The molecule has 1 heterocycles. The third-order valence-corrected chi connectivity index (χ3v) is 4.38. The number of ether oxygens (including phenoxy) is 4. The van der Waals surface area contributed by atoms with Gasteiger partial charge in [0.2, 0.25) is 0 Å². The van der Waals surface area contributed by atoms with Gasteiger partial charge in [-0.2, -0.15) is 0 Å². The molecule has 3 rings (SSSR count). The van der Waals surface area contributed by atoms with E-state index in [9.17, 15) is 35.9 Å². The van der Waals surface area contributed by atoms with Gasteiger partial charge in [0.15, 0.2) is 28.8 Å². The summed E-state index contributed by atoms with van der Waals surface area (Å²) in [6.07, 6.45) is -9.46. The Hall–Kier alpha value is -4.56. The van der Waals surface area contributed by atoms with Gasteiger partial charge < -0.3 is 24.3 Å². The fourth-order valence-corrected chi connectivity index (χ4v) is 2.90. The molecule has 0 unspecified atom stereocenters. The van der Waals surface area contributed by atoms with Gasteiger partial charge in [0, 0.05) is 24.9 Å². The van der Waals surface area contributed by atoms with Gasteiger partial charge >= 0.3 is 12.7 Å². The van der Waals surface area contributed by atoms with Crippen molar-refractivity contribution < 1.29 is 63.4 Å². The SMILES string of the molecule is [2H]C([2H])([2H])Oc1cc(OC(F)(F)F)ccc1Oc1ccc(OC(F)(F)F)c(F)c1C(=O)Nc1ccnc(C(C)=O)c1. The predicted molar refractivity (Wildman–Crippen MR) is 115 cm³/mol. The topological polar surface area (TPSA) is 96.0 Å². The molecule has 0 spiro atoms. The van der Waals surface area contributed by atoms with Crippen LogP contribution in [0.4, 0.5) is 36.4 Å². The zero-order valence-electron chi connectivity index (χ0n) is 21.7. The molecule has 0 atom stereocenters. The van der Waals surface area contributed by atoms with Crippen molar-refractivity contribution in [2.24, 2.45) is 0 Å². The maximum atomic E-state index is 15.2. The third-order valence-electron chi connectivity index (χ3n) is 4.38. The van der Waals surface area contributed by atoms with Crippen molar-refractivity contribution in [2.75, 3.05) is 12.4 Å². The van der Waals surface area contributed by atoms with Crippen LogP contribution in [0.2, 0.25) is 0 Å². The van der Waals surface area contributed by atoms with Crippen LogP contribution < -0.4 is 24.3 Å². The Kier molecular flexibility index (Phi) is 6.78. The lowest BCUT2D eigenvalue weighted by atomic mass is 10.1. The lowest BCUT2D eigenvalue weighted by Gasteiger charge is -2.17. The zero-order valence-corrected chi connectivity index (χ0v) is 18.7. The number of nitrogens with one attached hydrogen (secondary N) is 1. The van der Waals surface area contributed by atoms with E-state index >= 15 is 4.39 Å². The van der Waals surface area contributed by atoms with Gasteiger partial charge in [0.25, 0.3) is 5.91 Å². The van der Waals surface area contributed by atoms with Crippen LogP contribution in [0.1, 0.15) is 31.9 Å². The Labute approximate surface area is 213 Å². The lowest BCUT2D eigenvalue weighted by Crippen LogP contribution is -2.20. The molecule has 0 saturated heterocycles. The zero-order chi connectivity index (χ0) is 30.8. The second-order valence-corrected chi connectivity index (χ2v) is 7.10. The predicted octanol–water partition coefficient (Wildman–Crippen LogP) is 6.27. The van der Waals surface area contributed by atoms with E-state index in [4.69, 9.17) is 8.85 Å². The molecule has 202 valence electrons. The number of alkyl halides is 6. The summed E-state index contributed by atoms with van der Waals surface area (Å²) >= 11 is 0. The van der Waals surface area contributed by atoms with Crippen molar-refractivity contribution >= 4 is 17.4 Å². The summed E-state index contributed by atoms with van der Waals surface area (Å²) in [5.41, 5.74) is -1.47. The van der Waals surface area contributed by atoms with E-state index in [1.165, 1.54) is 6.07 Å². The number of aromatic nitrogens is 1. The normalized spacial score (nSPS) is 13.0. The molecule has 8 nitrogen and oxygen atoms in total. The molecule has 15 heteroatoms. The summed E-state index contributed by atoms with van der Waals surface area (Å²) in [4.78, 5) is 28.3. The minimum Gasteiger partial charge on any atom is -0.493 e. The van der Waals surface area contributed by atoms with E-state index in [1.807, 2.05) is 0 Å². The number of ketones is 1. The highest BCUT2D eigenvalue weighted by atomic mass is 19.4. The van der Waals surface area contributed by atoms with Gasteiger partial charge in [-0.1, -0.05) is 0 Å². The van der Waals surface area contributed by atoms with Crippen molar-refractivity contribution in [3.05, 3.63) is 65.7 Å². The van der Waals surface area contributed by atoms with Crippen molar-refractivity contribution in [1.82, 2.24) is 4.98 Å². The molecule has 2 aromatic carbocycles. The van der Waals surface area contributed by atoms with Crippen molar-refractivity contribution in [3.63, 3.8) is 0 Å². The highest BCUT2D eigenvalue weighted by molar-refractivity contribution is 6.07. The van der Waals surface area contributed by atoms with E-state index in [0.29, 0.717) is 30.3 Å². The smallest absolute Gasteiger partial charge is 0.493 e. The van der Waals surface area contributed by atoms with E-state index in [0.717, 1.165) is 19.2 Å².